The lowest BCUT2D eigenvalue weighted by atomic mass is 9.96. The predicted molar refractivity (Wildman–Crippen MR) is 115 cm³/mol. The molecular formula is C22H25N7O2. The average molecular weight is 419 g/mol. The van der Waals surface area contributed by atoms with Crippen molar-refractivity contribution in [1.82, 2.24) is 30.0 Å². The fraction of sp³-hybridized carbons (Fsp3) is 0.409. The summed E-state index contributed by atoms with van der Waals surface area (Å²) in [5, 5.41) is 17.2. The summed E-state index contributed by atoms with van der Waals surface area (Å²) in [5.74, 6) is 2.91. The zero-order valence-corrected chi connectivity index (χ0v) is 17.9. The first-order valence-electron chi connectivity index (χ1n) is 10.6. The summed E-state index contributed by atoms with van der Waals surface area (Å²) in [6.45, 7) is 5.90. The first-order valence-corrected chi connectivity index (χ1v) is 10.6. The first kappa shape index (κ1) is 19.5. The summed E-state index contributed by atoms with van der Waals surface area (Å²) in [5.41, 5.74) is 3.67. The molecule has 0 bridgehead atoms. The van der Waals surface area contributed by atoms with Crippen LogP contribution in [-0.2, 0) is 0 Å². The quantitative estimate of drug-likeness (QED) is 0.483. The molecule has 4 aromatic rings. The molecule has 160 valence electrons. The minimum atomic E-state index is 0.270. The molecule has 0 radical (unpaired) electrons. The molecule has 0 spiro atoms. The predicted octanol–water partition coefficient (Wildman–Crippen LogP) is 3.69. The molecule has 0 amide bonds. The van der Waals surface area contributed by atoms with E-state index >= 15 is 0 Å². The van der Waals surface area contributed by atoms with E-state index in [0.717, 1.165) is 66.0 Å². The third-order valence-corrected chi connectivity index (χ3v) is 5.79. The molecule has 1 saturated heterocycles. The van der Waals surface area contributed by atoms with Gasteiger partial charge in [0.05, 0.1) is 18.5 Å². The standard InChI is InChI=1S/C22H25N7O2/c1-14(2)20-24-22(31-27-20)16-8-10-28(11-9-16)19-12-18(26-29-13-23-25-21(19)29)15-4-6-17(30-3)7-5-15/h4-7,12-14,16H,8-11H2,1-3H3. The number of rotatable bonds is 5. The topological polar surface area (TPSA) is 94.5 Å². The van der Waals surface area contributed by atoms with Crippen LogP contribution in [0, 0.1) is 0 Å². The number of ether oxygens (including phenoxy) is 1. The molecule has 0 saturated carbocycles. The van der Waals surface area contributed by atoms with Crippen LogP contribution in [0.25, 0.3) is 16.9 Å². The third-order valence-electron chi connectivity index (χ3n) is 5.79. The van der Waals surface area contributed by atoms with Gasteiger partial charge in [-0.3, -0.25) is 0 Å². The highest BCUT2D eigenvalue weighted by atomic mass is 16.5. The van der Waals surface area contributed by atoms with Gasteiger partial charge < -0.3 is 14.2 Å². The lowest BCUT2D eigenvalue weighted by Crippen LogP contribution is -2.33. The Hall–Kier alpha value is -3.49. The van der Waals surface area contributed by atoms with Crippen LogP contribution in [-0.4, -0.2) is 50.2 Å². The largest absolute Gasteiger partial charge is 0.497 e. The summed E-state index contributed by atoms with van der Waals surface area (Å²) < 4.78 is 12.5. The maximum absolute atomic E-state index is 5.53. The zero-order chi connectivity index (χ0) is 21.4. The van der Waals surface area contributed by atoms with Gasteiger partial charge in [0.1, 0.15) is 12.1 Å². The van der Waals surface area contributed by atoms with Crippen molar-refractivity contribution in [3.63, 3.8) is 0 Å². The van der Waals surface area contributed by atoms with E-state index in [9.17, 15) is 0 Å². The van der Waals surface area contributed by atoms with E-state index in [-0.39, 0.29) is 11.8 Å². The van der Waals surface area contributed by atoms with E-state index in [1.54, 1.807) is 18.0 Å². The number of benzene rings is 1. The smallest absolute Gasteiger partial charge is 0.229 e. The van der Waals surface area contributed by atoms with E-state index in [1.807, 2.05) is 24.3 Å². The van der Waals surface area contributed by atoms with Crippen LogP contribution in [0.3, 0.4) is 0 Å². The van der Waals surface area contributed by atoms with Gasteiger partial charge in [-0.25, -0.2) is 0 Å². The van der Waals surface area contributed by atoms with Crippen LogP contribution in [0.15, 0.2) is 41.2 Å². The summed E-state index contributed by atoms with van der Waals surface area (Å²) in [6, 6.07) is 9.99. The maximum atomic E-state index is 5.53. The Morgan fingerprint density at radius 2 is 1.90 bits per heavy atom. The molecule has 0 N–H and O–H groups in total. The molecule has 4 heterocycles. The SMILES string of the molecule is COc1ccc(-c2cc(N3CCC(c4nc(C(C)C)no4)CC3)c3nncn3n2)cc1. The second-order valence-electron chi connectivity index (χ2n) is 8.15. The Balaban J connectivity index is 1.40. The molecule has 0 atom stereocenters. The molecule has 5 rings (SSSR count). The highest BCUT2D eigenvalue weighted by Gasteiger charge is 2.27. The minimum Gasteiger partial charge on any atom is -0.497 e. The van der Waals surface area contributed by atoms with Gasteiger partial charge in [0, 0.05) is 30.5 Å². The van der Waals surface area contributed by atoms with Crippen LogP contribution in [0.4, 0.5) is 5.69 Å². The summed E-state index contributed by atoms with van der Waals surface area (Å²) in [4.78, 5) is 6.94. The van der Waals surface area contributed by atoms with Gasteiger partial charge in [0.15, 0.2) is 5.82 Å². The highest BCUT2D eigenvalue weighted by Crippen LogP contribution is 2.33. The van der Waals surface area contributed by atoms with Crippen molar-refractivity contribution in [2.24, 2.45) is 0 Å². The number of anilines is 1. The van der Waals surface area contributed by atoms with E-state index in [4.69, 9.17) is 9.26 Å². The molecule has 0 unspecified atom stereocenters. The number of piperidine rings is 1. The van der Waals surface area contributed by atoms with Crippen molar-refractivity contribution >= 4 is 11.3 Å². The van der Waals surface area contributed by atoms with Gasteiger partial charge in [-0.2, -0.15) is 14.6 Å². The number of nitrogens with zero attached hydrogens (tertiary/aromatic N) is 7. The van der Waals surface area contributed by atoms with Gasteiger partial charge in [0.2, 0.25) is 11.5 Å². The summed E-state index contributed by atoms with van der Waals surface area (Å²) in [7, 11) is 1.66. The minimum absolute atomic E-state index is 0.270. The Morgan fingerprint density at radius 1 is 1.13 bits per heavy atom. The zero-order valence-electron chi connectivity index (χ0n) is 17.9. The van der Waals surface area contributed by atoms with Gasteiger partial charge in [-0.15, -0.1) is 10.2 Å². The Labute approximate surface area is 180 Å². The van der Waals surface area contributed by atoms with Crippen molar-refractivity contribution in [3.05, 3.63) is 48.4 Å². The van der Waals surface area contributed by atoms with Crippen LogP contribution in [0.2, 0.25) is 0 Å². The first-order chi connectivity index (χ1) is 15.1. The second-order valence-corrected chi connectivity index (χ2v) is 8.15. The van der Waals surface area contributed by atoms with E-state index in [2.05, 4.69) is 50.3 Å². The fourth-order valence-corrected chi connectivity index (χ4v) is 3.96. The van der Waals surface area contributed by atoms with Crippen molar-refractivity contribution in [3.8, 4) is 17.0 Å². The lowest BCUT2D eigenvalue weighted by molar-refractivity contribution is 0.326. The van der Waals surface area contributed by atoms with Crippen molar-refractivity contribution in [1.29, 1.82) is 0 Å². The van der Waals surface area contributed by atoms with Crippen molar-refractivity contribution in [2.75, 3.05) is 25.1 Å². The molecule has 1 aromatic carbocycles. The van der Waals surface area contributed by atoms with E-state index in [0.29, 0.717) is 0 Å². The Morgan fingerprint density at radius 3 is 2.58 bits per heavy atom. The maximum Gasteiger partial charge on any atom is 0.229 e. The molecule has 9 heteroatoms. The lowest BCUT2D eigenvalue weighted by Gasteiger charge is -2.32. The van der Waals surface area contributed by atoms with E-state index in [1.165, 1.54) is 0 Å². The molecule has 3 aromatic heterocycles. The molecule has 0 aliphatic carbocycles. The molecule has 1 aliphatic rings. The number of methoxy groups -OCH3 is 1. The second kappa shape index (κ2) is 7.98. The number of hydrogen-bond acceptors (Lipinski definition) is 8. The van der Waals surface area contributed by atoms with Crippen LogP contribution >= 0.6 is 0 Å². The molecule has 1 fully saturated rings. The Bertz CT molecular complexity index is 1170. The monoisotopic (exact) mass is 419 g/mol. The van der Waals surface area contributed by atoms with Crippen LogP contribution < -0.4 is 9.64 Å². The van der Waals surface area contributed by atoms with Crippen LogP contribution in [0.1, 0.15) is 50.2 Å². The molecule has 1 aliphatic heterocycles. The third kappa shape index (κ3) is 3.71. The number of fused-ring (bicyclic) bond motifs is 1. The Kier molecular flexibility index (Phi) is 5.01. The number of aromatic nitrogens is 6. The average Bonchev–Trinajstić information content (AvgIpc) is 3.48. The van der Waals surface area contributed by atoms with Crippen molar-refractivity contribution < 1.29 is 9.26 Å². The van der Waals surface area contributed by atoms with Gasteiger partial charge in [0.25, 0.3) is 0 Å². The molecule has 9 nitrogen and oxygen atoms in total. The van der Waals surface area contributed by atoms with Gasteiger partial charge in [-0.05, 0) is 43.2 Å². The number of hydrogen-bond donors (Lipinski definition) is 0. The summed E-state index contributed by atoms with van der Waals surface area (Å²) in [6.07, 6.45) is 3.53. The molecular weight excluding hydrogens is 394 g/mol. The molecule has 31 heavy (non-hydrogen) atoms. The normalized spacial score (nSPS) is 15.2. The van der Waals surface area contributed by atoms with Crippen molar-refractivity contribution in [2.45, 2.75) is 38.5 Å². The van der Waals surface area contributed by atoms with Gasteiger partial charge in [-0.1, -0.05) is 19.0 Å². The van der Waals surface area contributed by atoms with E-state index < -0.39 is 0 Å². The highest BCUT2D eigenvalue weighted by molar-refractivity contribution is 5.74. The van der Waals surface area contributed by atoms with Gasteiger partial charge >= 0.3 is 0 Å². The summed E-state index contributed by atoms with van der Waals surface area (Å²) >= 11 is 0. The fourth-order valence-electron chi connectivity index (χ4n) is 3.96. The van der Waals surface area contributed by atoms with Crippen LogP contribution in [0.5, 0.6) is 5.75 Å².